The first-order valence-electron chi connectivity index (χ1n) is 10.6. The largest absolute Gasteiger partial charge is 0.467 e. The van der Waals surface area contributed by atoms with Crippen LogP contribution in [0.3, 0.4) is 0 Å². The zero-order valence-electron chi connectivity index (χ0n) is 19.8. The molecule has 0 aliphatic heterocycles. The molecule has 192 valence electrons. The monoisotopic (exact) mass is 534 g/mol. The summed E-state index contributed by atoms with van der Waals surface area (Å²) < 4.78 is 56.5. The molecule has 0 bridgehead atoms. The Hall–Kier alpha value is -3.68. The molecule has 3 rings (SSSR count). The number of amides is 2. The summed E-state index contributed by atoms with van der Waals surface area (Å²) in [6.07, 6.45) is 2.42. The molecule has 36 heavy (non-hydrogen) atoms. The smallest absolute Gasteiger partial charge is 0.253 e. The van der Waals surface area contributed by atoms with Gasteiger partial charge in [0.05, 0.1) is 40.9 Å². The van der Waals surface area contributed by atoms with Crippen molar-refractivity contribution in [3.05, 3.63) is 78.3 Å². The lowest BCUT2D eigenvalue weighted by atomic mass is 10.1. The lowest BCUT2D eigenvalue weighted by Gasteiger charge is -2.22. The van der Waals surface area contributed by atoms with Gasteiger partial charge in [-0.1, -0.05) is 12.1 Å². The Labute approximate surface area is 209 Å². The number of benzene rings is 2. The molecule has 1 heterocycles. The van der Waals surface area contributed by atoms with Crippen molar-refractivity contribution in [3.8, 4) is 0 Å². The lowest BCUT2D eigenvalue weighted by molar-refractivity contribution is -0.114. The molecular weight excluding hydrogens is 508 g/mol. The molecule has 0 fully saturated rings. The van der Waals surface area contributed by atoms with Crippen LogP contribution < -0.4 is 14.9 Å². The van der Waals surface area contributed by atoms with E-state index in [0.29, 0.717) is 5.76 Å². The van der Waals surface area contributed by atoms with Crippen molar-refractivity contribution in [1.29, 1.82) is 0 Å². The van der Waals surface area contributed by atoms with Crippen molar-refractivity contribution in [3.63, 3.8) is 0 Å². The fourth-order valence-corrected chi connectivity index (χ4v) is 4.94. The number of hydrogen-bond donors (Lipinski definition) is 2. The molecule has 0 unspecified atom stereocenters. The molecule has 13 heteroatoms. The van der Waals surface area contributed by atoms with E-state index in [2.05, 4.69) is 10.6 Å². The fraction of sp³-hybridized carbons (Fsp3) is 0.217. The van der Waals surface area contributed by atoms with Gasteiger partial charge >= 0.3 is 0 Å². The highest BCUT2D eigenvalue weighted by Gasteiger charge is 2.24. The first-order chi connectivity index (χ1) is 16.9. The van der Waals surface area contributed by atoms with Gasteiger partial charge < -0.3 is 15.1 Å². The Morgan fingerprint density at radius 1 is 0.917 bits per heavy atom. The van der Waals surface area contributed by atoms with E-state index in [1.54, 1.807) is 24.3 Å². The molecule has 0 radical (unpaired) electrons. The Morgan fingerprint density at radius 3 is 2.17 bits per heavy atom. The predicted octanol–water partition coefficient (Wildman–Crippen LogP) is 1.86. The second-order valence-corrected chi connectivity index (χ2v) is 12.0. The van der Waals surface area contributed by atoms with Crippen molar-refractivity contribution < 1.29 is 30.8 Å². The number of hydrogen-bond acceptors (Lipinski definition) is 7. The molecule has 2 amide bonds. The molecular formula is C23H26N4O7S2. The topological polar surface area (TPSA) is 146 Å². The number of rotatable bonds is 10. The maximum absolute atomic E-state index is 12.8. The third-order valence-corrected chi connectivity index (χ3v) is 8.01. The number of para-hydroxylation sites is 1. The first-order valence-corrected chi connectivity index (χ1v) is 13.9. The van der Waals surface area contributed by atoms with Gasteiger partial charge in [0.1, 0.15) is 12.3 Å². The highest BCUT2D eigenvalue weighted by molar-refractivity contribution is 7.92. The van der Waals surface area contributed by atoms with E-state index in [4.69, 9.17) is 4.42 Å². The van der Waals surface area contributed by atoms with Gasteiger partial charge in [0.25, 0.3) is 5.91 Å². The third kappa shape index (κ3) is 6.50. The van der Waals surface area contributed by atoms with E-state index in [1.807, 2.05) is 0 Å². The maximum Gasteiger partial charge on any atom is 0.253 e. The van der Waals surface area contributed by atoms with Crippen LogP contribution >= 0.6 is 0 Å². The number of carbonyl (C=O) groups excluding carboxylic acids is 2. The van der Waals surface area contributed by atoms with Crippen LogP contribution in [-0.2, 0) is 31.4 Å². The Bertz CT molecular complexity index is 1430. The van der Waals surface area contributed by atoms with Crippen LogP contribution in [0.15, 0.2) is 76.2 Å². The SMILES string of the molecule is CN(C)S(=O)(=O)c1ccc(N(CC(=O)Nc2ccccc2C(=O)NCc2ccco2)S(C)(=O)=O)cc1. The summed E-state index contributed by atoms with van der Waals surface area (Å²) in [7, 11) is -4.85. The summed E-state index contributed by atoms with van der Waals surface area (Å²) in [6.45, 7) is -0.448. The number of anilines is 2. The van der Waals surface area contributed by atoms with Gasteiger partial charge in [-0.05, 0) is 48.5 Å². The van der Waals surface area contributed by atoms with Crippen molar-refractivity contribution in [2.75, 3.05) is 36.5 Å². The quantitative estimate of drug-likeness (QED) is 0.404. The Balaban J connectivity index is 1.77. The zero-order valence-corrected chi connectivity index (χ0v) is 21.5. The molecule has 0 aliphatic carbocycles. The molecule has 1 aromatic heterocycles. The van der Waals surface area contributed by atoms with Crippen LogP contribution in [0, 0.1) is 0 Å². The number of furan rings is 1. The van der Waals surface area contributed by atoms with Crippen LogP contribution in [0.5, 0.6) is 0 Å². The number of carbonyl (C=O) groups is 2. The summed E-state index contributed by atoms with van der Waals surface area (Å²) in [5.74, 6) is -0.602. The van der Waals surface area contributed by atoms with Crippen molar-refractivity contribution in [2.24, 2.45) is 0 Å². The molecule has 2 aromatic carbocycles. The average Bonchev–Trinajstić information content (AvgIpc) is 3.34. The van der Waals surface area contributed by atoms with Gasteiger partial charge in [0.2, 0.25) is 26.0 Å². The van der Waals surface area contributed by atoms with Gasteiger partial charge in [0.15, 0.2) is 0 Å². The number of nitrogens with one attached hydrogen (secondary N) is 2. The lowest BCUT2D eigenvalue weighted by Crippen LogP contribution is -2.37. The maximum atomic E-state index is 12.8. The van der Waals surface area contributed by atoms with Gasteiger partial charge in [-0.15, -0.1) is 0 Å². The van der Waals surface area contributed by atoms with E-state index in [0.717, 1.165) is 14.9 Å². The normalized spacial score (nSPS) is 11.8. The van der Waals surface area contributed by atoms with Crippen LogP contribution in [0.4, 0.5) is 11.4 Å². The zero-order chi connectivity index (χ0) is 26.5. The summed E-state index contributed by atoms with van der Waals surface area (Å²) >= 11 is 0. The minimum atomic E-state index is -3.91. The van der Waals surface area contributed by atoms with E-state index in [9.17, 15) is 26.4 Å². The van der Waals surface area contributed by atoms with E-state index >= 15 is 0 Å². The Kier molecular flexibility index (Phi) is 8.17. The number of nitrogens with zero attached hydrogens (tertiary/aromatic N) is 2. The first kappa shape index (κ1) is 26.9. The van der Waals surface area contributed by atoms with Gasteiger partial charge in [-0.3, -0.25) is 13.9 Å². The standard InChI is InChI=1S/C23H26N4O7S2/c1-26(2)36(32,33)19-12-10-17(11-13-19)27(35(3,30)31)16-22(28)25-21-9-5-4-8-20(21)23(29)24-15-18-7-6-14-34-18/h4-14H,15-16H2,1-3H3,(H,24,29)(H,25,28). The molecule has 3 aromatic rings. The van der Waals surface area contributed by atoms with Crippen molar-refractivity contribution in [1.82, 2.24) is 9.62 Å². The van der Waals surface area contributed by atoms with Crippen molar-refractivity contribution >= 4 is 43.2 Å². The summed E-state index contributed by atoms with van der Waals surface area (Å²) in [5.41, 5.74) is 0.483. The van der Waals surface area contributed by atoms with E-state index in [-0.39, 0.29) is 28.4 Å². The second-order valence-electron chi connectivity index (χ2n) is 7.91. The molecule has 2 N–H and O–H groups in total. The summed E-state index contributed by atoms with van der Waals surface area (Å²) in [4.78, 5) is 25.4. The molecule has 11 nitrogen and oxygen atoms in total. The number of sulfonamides is 2. The van der Waals surface area contributed by atoms with Gasteiger partial charge in [0, 0.05) is 14.1 Å². The van der Waals surface area contributed by atoms with Crippen LogP contribution in [0.1, 0.15) is 16.1 Å². The highest BCUT2D eigenvalue weighted by atomic mass is 32.2. The second kappa shape index (κ2) is 10.9. The molecule has 0 saturated carbocycles. The van der Waals surface area contributed by atoms with Crippen LogP contribution in [-0.4, -0.2) is 59.9 Å². The molecule has 0 spiro atoms. The fourth-order valence-electron chi connectivity index (χ4n) is 3.18. The van der Waals surface area contributed by atoms with Crippen molar-refractivity contribution in [2.45, 2.75) is 11.4 Å². The van der Waals surface area contributed by atoms with E-state index < -0.39 is 38.4 Å². The highest BCUT2D eigenvalue weighted by Crippen LogP contribution is 2.22. The van der Waals surface area contributed by atoms with Crippen LogP contribution in [0.25, 0.3) is 0 Å². The molecule has 0 aliphatic rings. The Morgan fingerprint density at radius 2 is 1.58 bits per heavy atom. The summed E-state index contributed by atoms with van der Waals surface area (Å²) in [6, 6.07) is 14.8. The third-order valence-electron chi connectivity index (χ3n) is 5.04. The average molecular weight is 535 g/mol. The minimum Gasteiger partial charge on any atom is -0.467 e. The molecule has 0 atom stereocenters. The van der Waals surface area contributed by atoms with Crippen LogP contribution in [0.2, 0.25) is 0 Å². The van der Waals surface area contributed by atoms with Gasteiger partial charge in [-0.25, -0.2) is 21.1 Å². The minimum absolute atomic E-state index is 0.0244. The van der Waals surface area contributed by atoms with E-state index in [1.165, 1.54) is 56.8 Å². The van der Waals surface area contributed by atoms with Gasteiger partial charge in [-0.2, -0.15) is 0 Å². The summed E-state index contributed by atoms with van der Waals surface area (Å²) in [5, 5.41) is 5.26. The molecule has 0 saturated heterocycles. The predicted molar refractivity (Wildman–Crippen MR) is 134 cm³/mol.